The van der Waals surface area contributed by atoms with Gasteiger partial charge in [0.15, 0.2) is 11.8 Å². The largest absolute Gasteiger partial charge is 0.448 e. The Morgan fingerprint density at radius 3 is 2.70 bits per heavy atom. The predicted octanol–water partition coefficient (Wildman–Crippen LogP) is 3.80. The Labute approximate surface area is 194 Å². The van der Waals surface area contributed by atoms with Crippen LogP contribution >= 0.6 is 11.3 Å². The van der Waals surface area contributed by atoms with Gasteiger partial charge in [0.1, 0.15) is 11.1 Å². The number of aryl methyl sites for hydroxylation is 2. The summed E-state index contributed by atoms with van der Waals surface area (Å²) in [5.41, 5.74) is 1.22. The van der Waals surface area contributed by atoms with Crippen molar-refractivity contribution in [1.82, 2.24) is 9.78 Å². The van der Waals surface area contributed by atoms with Crippen LogP contribution in [-0.2, 0) is 28.9 Å². The van der Waals surface area contributed by atoms with Crippen molar-refractivity contribution < 1.29 is 14.3 Å². The molecule has 0 fully saturated rings. The number of nitrogens with zero attached hydrogens (tertiary/aromatic N) is 3. The van der Waals surface area contributed by atoms with E-state index >= 15 is 0 Å². The first-order chi connectivity index (χ1) is 15.9. The third-order valence-electron chi connectivity index (χ3n) is 5.78. The van der Waals surface area contributed by atoms with E-state index in [-0.39, 0.29) is 11.3 Å². The van der Waals surface area contributed by atoms with E-state index in [1.807, 2.05) is 0 Å². The monoisotopic (exact) mass is 464 g/mol. The fourth-order valence-corrected chi connectivity index (χ4v) is 5.28. The second-order valence-electron chi connectivity index (χ2n) is 7.93. The number of hydrogen-bond acceptors (Lipinski definition) is 7. The Morgan fingerprint density at radius 2 is 1.97 bits per heavy atom. The van der Waals surface area contributed by atoms with Crippen LogP contribution in [0.4, 0.5) is 5.00 Å². The second kappa shape index (κ2) is 9.55. The molecule has 2 aromatic heterocycles. The average Bonchev–Trinajstić information content (AvgIpc) is 2.97. The summed E-state index contributed by atoms with van der Waals surface area (Å²) in [5, 5.41) is 17.8. The highest BCUT2D eigenvalue weighted by molar-refractivity contribution is 7.16. The Balaban J connectivity index is 1.55. The number of anilines is 1. The second-order valence-corrected chi connectivity index (χ2v) is 9.04. The number of carbonyl (C=O) groups excluding carboxylic acids is 2. The summed E-state index contributed by atoms with van der Waals surface area (Å²) in [6, 6.07) is 8.90. The number of amides is 1. The lowest BCUT2D eigenvalue weighted by Gasteiger charge is -2.14. The van der Waals surface area contributed by atoms with E-state index in [0.717, 1.165) is 42.5 Å². The summed E-state index contributed by atoms with van der Waals surface area (Å²) >= 11 is 1.42. The van der Waals surface area contributed by atoms with Gasteiger partial charge < -0.3 is 10.1 Å². The van der Waals surface area contributed by atoms with Crippen LogP contribution in [0.2, 0.25) is 0 Å². The lowest BCUT2D eigenvalue weighted by molar-refractivity contribution is -0.123. The maximum absolute atomic E-state index is 12.9. The van der Waals surface area contributed by atoms with Crippen LogP contribution in [-0.4, -0.2) is 27.8 Å². The fraction of sp³-hybridized carbons (Fsp3) is 0.375. The molecule has 0 bridgehead atoms. The molecule has 0 saturated carbocycles. The molecule has 1 aliphatic carbocycles. The molecule has 3 aromatic rings. The molecule has 1 amide bonds. The Kier molecular flexibility index (Phi) is 6.56. The van der Waals surface area contributed by atoms with Crippen molar-refractivity contribution in [1.29, 1.82) is 5.26 Å². The molecule has 0 radical (unpaired) electrons. The third-order valence-corrected chi connectivity index (χ3v) is 6.99. The lowest BCUT2D eigenvalue weighted by Crippen LogP contribution is -2.32. The molecular formula is C24H24N4O4S. The number of fused-ring (bicyclic) bond motifs is 2. The van der Waals surface area contributed by atoms with Crippen molar-refractivity contribution in [2.75, 3.05) is 5.32 Å². The van der Waals surface area contributed by atoms with Gasteiger partial charge in [-0.25, -0.2) is 9.48 Å². The fourth-order valence-electron chi connectivity index (χ4n) is 4.03. The first-order valence-corrected chi connectivity index (χ1v) is 11.8. The molecule has 0 saturated heterocycles. The molecule has 33 heavy (non-hydrogen) atoms. The van der Waals surface area contributed by atoms with E-state index in [4.69, 9.17) is 4.74 Å². The van der Waals surface area contributed by atoms with Crippen LogP contribution in [0.15, 0.2) is 29.1 Å². The van der Waals surface area contributed by atoms with Crippen molar-refractivity contribution in [3.63, 3.8) is 0 Å². The van der Waals surface area contributed by atoms with Gasteiger partial charge in [-0.3, -0.25) is 9.59 Å². The number of ether oxygens (including phenoxy) is 1. The first kappa shape index (κ1) is 22.7. The molecule has 1 atom stereocenters. The summed E-state index contributed by atoms with van der Waals surface area (Å²) < 4.78 is 6.60. The average molecular weight is 465 g/mol. The first-order valence-electron chi connectivity index (χ1n) is 11.0. The minimum absolute atomic E-state index is 0.0211. The molecule has 170 valence electrons. The topological polar surface area (TPSA) is 114 Å². The van der Waals surface area contributed by atoms with Gasteiger partial charge >= 0.3 is 5.97 Å². The van der Waals surface area contributed by atoms with E-state index in [9.17, 15) is 19.6 Å². The number of rotatable bonds is 5. The SMILES string of the molecule is CCn1nc(C(=O)OC(C)C(=O)Nc2sc3c(c2C#N)CCCCC3)c2ccccc2c1=O. The summed E-state index contributed by atoms with van der Waals surface area (Å²) in [6.45, 7) is 3.51. The zero-order valence-electron chi connectivity index (χ0n) is 18.5. The standard InChI is InChI=1S/C24H24N4O4S/c1-3-28-23(30)17-11-8-7-10-16(17)20(27-28)24(31)32-14(2)21(29)26-22-18(13-25)15-9-5-4-6-12-19(15)33-22/h7-8,10-11,14H,3-6,9,12H2,1-2H3,(H,26,29). The van der Waals surface area contributed by atoms with Crippen molar-refractivity contribution in [2.45, 2.75) is 58.6 Å². The number of esters is 1. The zero-order valence-corrected chi connectivity index (χ0v) is 19.3. The molecule has 1 unspecified atom stereocenters. The van der Waals surface area contributed by atoms with Crippen molar-refractivity contribution in [3.05, 3.63) is 56.3 Å². The van der Waals surface area contributed by atoms with Crippen LogP contribution in [0.25, 0.3) is 10.8 Å². The maximum atomic E-state index is 12.9. The number of carbonyl (C=O) groups is 2. The van der Waals surface area contributed by atoms with Gasteiger partial charge in [0.25, 0.3) is 11.5 Å². The van der Waals surface area contributed by atoms with Crippen LogP contribution in [0.5, 0.6) is 0 Å². The number of benzene rings is 1. The van der Waals surface area contributed by atoms with Crippen molar-refractivity contribution in [2.24, 2.45) is 0 Å². The van der Waals surface area contributed by atoms with Crippen LogP contribution in [0.1, 0.15) is 59.6 Å². The van der Waals surface area contributed by atoms with Gasteiger partial charge in [-0.15, -0.1) is 11.3 Å². The number of aromatic nitrogens is 2. The van der Waals surface area contributed by atoms with E-state index in [1.54, 1.807) is 31.2 Å². The van der Waals surface area contributed by atoms with E-state index in [2.05, 4.69) is 16.5 Å². The van der Waals surface area contributed by atoms with Crippen LogP contribution < -0.4 is 10.9 Å². The highest BCUT2D eigenvalue weighted by Gasteiger charge is 2.26. The summed E-state index contributed by atoms with van der Waals surface area (Å²) in [5.74, 6) is -1.32. The molecule has 0 spiro atoms. The Hall–Kier alpha value is -3.51. The highest BCUT2D eigenvalue weighted by Crippen LogP contribution is 2.37. The molecule has 1 aromatic carbocycles. The van der Waals surface area contributed by atoms with Gasteiger partial charge in [0.2, 0.25) is 0 Å². The Bertz CT molecular complexity index is 1330. The maximum Gasteiger partial charge on any atom is 0.360 e. The summed E-state index contributed by atoms with van der Waals surface area (Å²) in [4.78, 5) is 39.3. The van der Waals surface area contributed by atoms with Crippen LogP contribution in [0.3, 0.4) is 0 Å². The molecular weight excluding hydrogens is 440 g/mol. The number of nitriles is 1. The van der Waals surface area contributed by atoms with E-state index in [0.29, 0.717) is 27.9 Å². The molecule has 4 rings (SSSR count). The van der Waals surface area contributed by atoms with Gasteiger partial charge in [0, 0.05) is 16.8 Å². The zero-order chi connectivity index (χ0) is 23.5. The van der Waals surface area contributed by atoms with Gasteiger partial charge in [-0.1, -0.05) is 24.6 Å². The van der Waals surface area contributed by atoms with E-state index < -0.39 is 18.0 Å². The Morgan fingerprint density at radius 1 is 1.24 bits per heavy atom. The normalized spacial score (nSPS) is 14.1. The predicted molar refractivity (Wildman–Crippen MR) is 125 cm³/mol. The highest BCUT2D eigenvalue weighted by atomic mass is 32.1. The van der Waals surface area contributed by atoms with Crippen molar-refractivity contribution in [3.8, 4) is 6.07 Å². The molecule has 9 heteroatoms. The van der Waals surface area contributed by atoms with Gasteiger partial charge in [-0.05, 0) is 51.2 Å². The quantitative estimate of drug-likeness (QED) is 0.454. The molecule has 0 aliphatic heterocycles. The smallest absolute Gasteiger partial charge is 0.360 e. The molecule has 1 N–H and O–H groups in total. The van der Waals surface area contributed by atoms with Gasteiger partial charge in [0.05, 0.1) is 10.9 Å². The van der Waals surface area contributed by atoms with Crippen LogP contribution in [0, 0.1) is 11.3 Å². The third kappa shape index (κ3) is 4.39. The molecule has 2 heterocycles. The minimum atomic E-state index is -1.12. The number of nitrogens with one attached hydrogen (secondary N) is 1. The minimum Gasteiger partial charge on any atom is -0.448 e. The summed E-state index contributed by atoms with van der Waals surface area (Å²) in [7, 11) is 0. The molecule has 1 aliphatic rings. The lowest BCUT2D eigenvalue weighted by atomic mass is 10.1. The van der Waals surface area contributed by atoms with Crippen molar-refractivity contribution >= 4 is 39.0 Å². The summed E-state index contributed by atoms with van der Waals surface area (Å²) in [6.07, 6.45) is 3.85. The molecule has 8 nitrogen and oxygen atoms in total. The van der Waals surface area contributed by atoms with E-state index in [1.165, 1.54) is 22.9 Å². The number of thiophene rings is 1. The van der Waals surface area contributed by atoms with Gasteiger partial charge in [-0.2, -0.15) is 10.4 Å². The number of hydrogen-bond donors (Lipinski definition) is 1.